The summed E-state index contributed by atoms with van der Waals surface area (Å²) in [6.07, 6.45) is 0. The van der Waals surface area contributed by atoms with Crippen molar-refractivity contribution in [3.8, 4) is 11.4 Å². The molecule has 9 heteroatoms. The first-order chi connectivity index (χ1) is 13.0. The third kappa shape index (κ3) is 3.25. The number of nitrogens with two attached hydrogens (primary N) is 1. The van der Waals surface area contributed by atoms with Crippen molar-refractivity contribution in [2.24, 2.45) is 12.8 Å². The highest BCUT2D eigenvalue weighted by Gasteiger charge is 2.38. The zero-order valence-corrected chi connectivity index (χ0v) is 15.6. The average Bonchev–Trinajstić information content (AvgIpc) is 3.28. The van der Waals surface area contributed by atoms with Gasteiger partial charge in [-0.2, -0.15) is 4.31 Å². The third-order valence-corrected chi connectivity index (χ3v) is 6.74. The molecule has 3 aromatic rings. The number of hydrogen-bond acceptors (Lipinski definition) is 6. The van der Waals surface area contributed by atoms with E-state index in [1.165, 1.54) is 8.99 Å². The maximum absolute atomic E-state index is 13.2. The maximum Gasteiger partial charge on any atom is 0.243 e. The van der Waals surface area contributed by atoms with Gasteiger partial charge in [-0.1, -0.05) is 42.5 Å². The highest BCUT2D eigenvalue weighted by molar-refractivity contribution is 7.89. The lowest BCUT2D eigenvalue weighted by molar-refractivity contribution is 0.470. The minimum atomic E-state index is -3.66. The summed E-state index contributed by atoms with van der Waals surface area (Å²) < 4.78 is 29.3. The molecule has 0 saturated carbocycles. The molecule has 1 aliphatic heterocycles. The molecule has 0 aliphatic carbocycles. The standard InChI is InChI=1S/C18H20N6O2S/c1-23-18(20-21-22-23)14-8-5-9-15(10-14)27(25,26)24-11-16(17(19)12-24)13-6-3-2-4-7-13/h2-10,16-17H,11-12,19H2,1H3/t16-,17+/m0/s1. The van der Waals surface area contributed by atoms with Gasteiger partial charge in [0.25, 0.3) is 0 Å². The second-order valence-electron chi connectivity index (χ2n) is 6.66. The molecule has 0 radical (unpaired) electrons. The summed E-state index contributed by atoms with van der Waals surface area (Å²) in [6.45, 7) is 0.654. The lowest BCUT2D eigenvalue weighted by Gasteiger charge is -2.17. The molecule has 1 fully saturated rings. The van der Waals surface area contributed by atoms with Crippen LogP contribution in [0.4, 0.5) is 0 Å². The van der Waals surface area contributed by atoms with Crippen molar-refractivity contribution in [1.29, 1.82) is 0 Å². The minimum absolute atomic E-state index is 0.0212. The van der Waals surface area contributed by atoms with E-state index in [1.54, 1.807) is 31.3 Å². The number of nitrogens with zero attached hydrogens (tertiary/aromatic N) is 5. The maximum atomic E-state index is 13.2. The van der Waals surface area contributed by atoms with Crippen LogP contribution >= 0.6 is 0 Å². The summed E-state index contributed by atoms with van der Waals surface area (Å²) in [5.74, 6) is 0.486. The summed E-state index contributed by atoms with van der Waals surface area (Å²) in [4.78, 5) is 0.212. The van der Waals surface area contributed by atoms with Gasteiger partial charge in [-0.15, -0.1) is 5.10 Å². The van der Waals surface area contributed by atoms with Crippen molar-refractivity contribution in [3.63, 3.8) is 0 Å². The molecule has 0 unspecified atom stereocenters. The number of sulfonamides is 1. The third-order valence-electron chi connectivity index (χ3n) is 4.91. The zero-order chi connectivity index (χ0) is 19.0. The fraction of sp³-hybridized carbons (Fsp3) is 0.278. The largest absolute Gasteiger partial charge is 0.326 e. The van der Waals surface area contributed by atoms with E-state index in [-0.39, 0.29) is 23.4 Å². The molecule has 0 amide bonds. The van der Waals surface area contributed by atoms with E-state index in [0.29, 0.717) is 17.9 Å². The van der Waals surface area contributed by atoms with Crippen LogP contribution in [-0.2, 0) is 17.1 Å². The van der Waals surface area contributed by atoms with Gasteiger partial charge >= 0.3 is 0 Å². The van der Waals surface area contributed by atoms with E-state index in [9.17, 15) is 8.42 Å². The van der Waals surface area contributed by atoms with E-state index in [2.05, 4.69) is 15.5 Å². The van der Waals surface area contributed by atoms with Crippen LogP contribution in [-0.4, -0.2) is 52.1 Å². The van der Waals surface area contributed by atoms with Crippen LogP contribution in [0.2, 0.25) is 0 Å². The second kappa shape index (κ2) is 6.84. The Bertz CT molecular complexity index is 1050. The zero-order valence-electron chi connectivity index (χ0n) is 14.8. The van der Waals surface area contributed by atoms with Crippen LogP contribution in [0.15, 0.2) is 59.5 Å². The van der Waals surface area contributed by atoms with E-state index in [1.807, 2.05) is 30.3 Å². The van der Waals surface area contributed by atoms with Crippen LogP contribution in [0.3, 0.4) is 0 Å². The number of tetrazole rings is 1. The Kier molecular flexibility index (Phi) is 4.50. The number of aryl methyl sites for hydroxylation is 1. The van der Waals surface area contributed by atoms with E-state index >= 15 is 0 Å². The van der Waals surface area contributed by atoms with Gasteiger partial charge in [-0.3, -0.25) is 0 Å². The highest BCUT2D eigenvalue weighted by atomic mass is 32.2. The topological polar surface area (TPSA) is 107 Å². The molecule has 1 aromatic heterocycles. The molecule has 0 bridgehead atoms. The van der Waals surface area contributed by atoms with E-state index < -0.39 is 10.0 Å². The SMILES string of the molecule is Cn1nnnc1-c1cccc(S(=O)(=O)N2C[C@@H](N)[C@H](c3ccccc3)C2)c1. The molecule has 2 atom stereocenters. The van der Waals surface area contributed by atoms with Crippen molar-refractivity contribution in [1.82, 2.24) is 24.5 Å². The molecule has 27 heavy (non-hydrogen) atoms. The van der Waals surface area contributed by atoms with Crippen LogP contribution in [0.5, 0.6) is 0 Å². The number of aromatic nitrogens is 4. The van der Waals surface area contributed by atoms with Crippen LogP contribution in [0.25, 0.3) is 11.4 Å². The molecule has 8 nitrogen and oxygen atoms in total. The van der Waals surface area contributed by atoms with Gasteiger partial charge in [-0.25, -0.2) is 13.1 Å². The number of hydrogen-bond donors (Lipinski definition) is 1. The summed E-state index contributed by atoms with van der Waals surface area (Å²) in [6, 6.07) is 16.2. The molecule has 2 N–H and O–H groups in total. The molecule has 4 rings (SSSR count). The Hall–Kier alpha value is -2.62. The molecule has 2 aromatic carbocycles. The Morgan fingerprint density at radius 3 is 2.56 bits per heavy atom. The Morgan fingerprint density at radius 1 is 1.07 bits per heavy atom. The van der Waals surface area contributed by atoms with Gasteiger partial charge in [-0.05, 0) is 28.1 Å². The Labute approximate surface area is 157 Å². The fourth-order valence-corrected chi connectivity index (χ4v) is 5.01. The van der Waals surface area contributed by atoms with E-state index in [4.69, 9.17) is 5.73 Å². The van der Waals surface area contributed by atoms with Gasteiger partial charge in [0.05, 0.1) is 4.90 Å². The first-order valence-corrected chi connectivity index (χ1v) is 10.0. The highest BCUT2D eigenvalue weighted by Crippen LogP contribution is 2.31. The first kappa shape index (κ1) is 17.8. The van der Waals surface area contributed by atoms with Gasteiger partial charge in [0.1, 0.15) is 0 Å². The molecule has 1 aliphatic rings. The Balaban J connectivity index is 1.64. The second-order valence-corrected chi connectivity index (χ2v) is 8.59. The van der Waals surface area contributed by atoms with Gasteiger partial charge in [0, 0.05) is 37.7 Å². The molecular formula is C18H20N6O2S. The van der Waals surface area contributed by atoms with Crippen molar-refractivity contribution >= 4 is 10.0 Å². The summed E-state index contributed by atoms with van der Waals surface area (Å²) in [7, 11) is -1.95. The monoisotopic (exact) mass is 384 g/mol. The quantitative estimate of drug-likeness (QED) is 0.719. The van der Waals surface area contributed by atoms with Crippen LogP contribution in [0.1, 0.15) is 11.5 Å². The van der Waals surface area contributed by atoms with Gasteiger partial charge < -0.3 is 5.73 Å². The van der Waals surface area contributed by atoms with Crippen molar-refractivity contribution in [2.75, 3.05) is 13.1 Å². The summed E-state index contributed by atoms with van der Waals surface area (Å²) in [5, 5.41) is 11.3. The average molecular weight is 384 g/mol. The molecular weight excluding hydrogens is 364 g/mol. The predicted octanol–water partition coefficient (Wildman–Crippen LogP) is 0.992. The molecule has 0 spiro atoms. The lowest BCUT2D eigenvalue weighted by atomic mass is 9.95. The van der Waals surface area contributed by atoms with Crippen LogP contribution < -0.4 is 5.73 Å². The van der Waals surface area contributed by atoms with Crippen molar-refractivity contribution < 1.29 is 8.42 Å². The number of benzene rings is 2. The van der Waals surface area contributed by atoms with Crippen molar-refractivity contribution in [2.45, 2.75) is 16.9 Å². The molecule has 140 valence electrons. The summed E-state index contributed by atoms with van der Waals surface area (Å²) in [5.41, 5.74) is 7.97. The smallest absolute Gasteiger partial charge is 0.243 e. The lowest BCUT2D eigenvalue weighted by Crippen LogP contribution is -2.32. The molecule has 1 saturated heterocycles. The van der Waals surface area contributed by atoms with Crippen LogP contribution in [0, 0.1) is 0 Å². The normalized spacial score (nSPS) is 20.8. The minimum Gasteiger partial charge on any atom is -0.326 e. The Morgan fingerprint density at radius 2 is 1.85 bits per heavy atom. The predicted molar refractivity (Wildman–Crippen MR) is 100 cm³/mol. The van der Waals surface area contributed by atoms with Crippen molar-refractivity contribution in [3.05, 3.63) is 60.2 Å². The molecule has 2 heterocycles. The van der Waals surface area contributed by atoms with Gasteiger partial charge in [0.15, 0.2) is 5.82 Å². The van der Waals surface area contributed by atoms with E-state index in [0.717, 1.165) is 5.56 Å². The fourth-order valence-electron chi connectivity index (χ4n) is 3.46. The number of rotatable bonds is 4. The van der Waals surface area contributed by atoms with Gasteiger partial charge in [0.2, 0.25) is 10.0 Å². The first-order valence-electron chi connectivity index (χ1n) is 8.60. The summed E-state index contributed by atoms with van der Waals surface area (Å²) >= 11 is 0.